The van der Waals surface area contributed by atoms with Crippen molar-refractivity contribution in [3.63, 3.8) is 0 Å². The standard InChI is InChI=1S/C22H25N5O3/c1-12-4-6-18(15-5-7-19-17(9-15)25-14(3)30-19)27(11-12)22(29)21(28)26-16-8-13(2)20(23)24-10-16/h5,7-10,12,18H,4,6,11H2,1-3H3,(H2,23,24)(H,26,28)/t12-,18+/m0/s1. The molecule has 0 radical (unpaired) electrons. The van der Waals surface area contributed by atoms with Gasteiger partial charge in [0.1, 0.15) is 11.3 Å². The van der Waals surface area contributed by atoms with Gasteiger partial charge >= 0.3 is 11.8 Å². The number of nitrogens with one attached hydrogen (secondary N) is 1. The monoisotopic (exact) mass is 407 g/mol. The summed E-state index contributed by atoms with van der Waals surface area (Å²) in [4.78, 5) is 35.9. The number of amides is 2. The molecule has 2 amide bonds. The van der Waals surface area contributed by atoms with Crippen molar-refractivity contribution in [2.45, 2.75) is 39.7 Å². The second-order valence-electron chi connectivity index (χ2n) is 8.00. The van der Waals surface area contributed by atoms with Crippen LogP contribution in [0.3, 0.4) is 0 Å². The Morgan fingerprint density at radius 3 is 2.80 bits per heavy atom. The summed E-state index contributed by atoms with van der Waals surface area (Å²) in [5.41, 5.74) is 9.32. The number of anilines is 2. The number of likely N-dealkylation sites (tertiary alicyclic amines) is 1. The zero-order valence-electron chi connectivity index (χ0n) is 17.3. The number of nitrogen functional groups attached to an aromatic ring is 1. The number of carbonyl (C=O) groups is 2. The Bertz CT molecular complexity index is 1120. The maximum absolute atomic E-state index is 13.1. The zero-order chi connectivity index (χ0) is 21.4. The Morgan fingerprint density at radius 1 is 1.23 bits per heavy atom. The van der Waals surface area contributed by atoms with E-state index in [1.165, 1.54) is 6.20 Å². The molecular formula is C22H25N5O3. The fourth-order valence-electron chi connectivity index (χ4n) is 3.96. The van der Waals surface area contributed by atoms with Crippen LogP contribution in [0.4, 0.5) is 11.5 Å². The van der Waals surface area contributed by atoms with Crippen molar-refractivity contribution in [2.24, 2.45) is 5.92 Å². The minimum atomic E-state index is -0.682. The van der Waals surface area contributed by atoms with Gasteiger partial charge in [-0.15, -0.1) is 0 Å². The second-order valence-corrected chi connectivity index (χ2v) is 8.00. The molecule has 8 heteroatoms. The summed E-state index contributed by atoms with van der Waals surface area (Å²) < 4.78 is 5.55. The molecule has 0 aliphatic carbocycles. The predicted octanol–water partition coefficient (Wildman–Crippen LogP) is 3.36. The van der Waals surface area contributed by atoms with Gasteiger partial charge in [-0.1, -0.05) is 13.0 Å². The minimum Gasteiger partial charge on any atom is -0.441 e. The summed E-state index contributed by atoms with van der Waals surface area (Å²) in [6.45, 7) is 6.21. The number of fused-ring (bicyclic) bond motifs is 1. The highest BCUT2D eigenvalue weighted by Gasteiger charge is 2.34. The smallest absolute Gasteiger partial charge is 0.313 e. The van der Waals surface area contributed by atoms with Gasteiger partial charge in [0.25, 0.3) is 0 Å². The van der Waals surface area contributed by atoms with E-state index in [4.69, 9.17) is 10.2 Å². The van der Waals surface area contributed by atoms with Crippen molar-refractivity contribution >= 4 is 34.4 Å². The van der Waals surface area contributed by atoms with Crippen LogP contribution in [0.15, 0.2) is 34.9 Å². The average molecular weight is 407 g/mol. The molecule has 0 unspecified atom stereocenters. The average Bonchev–Trinajstić information content (AvgIpc) is 3.09. The molecule has 1 aromatic carbocycles. The molecular weight excluding hydrogens is 382 g/mol. The molecule has 0 spiro atoms. The van der Waals surface area contributed by atoms with E-state index in [0.717, 1.165) is 29.5 Å². The number of hydrogen-bond acceptors (Lipinski definition) is 6. The fourth-order valence-corrected chi connectivity index (χ4v) is 3.96. The van der Waals surface area contributed by atoms with Gasteiger partial charge < -0.3 is 20.4 Å². The number of nitrogens with two attached hydrogens (primary N) is 1. The topological polar surface area (TPSA) is 114 Å². The molecule has 2 atom stereocenters. The summed E-state index contributed by atoms with van der Waals surface area (Å²) in [6.07, 6.45) is 3.21. The molecule has 3 heterocycles. The summed E-state index contributed by atoms with van der Waals surface area (Å²) in [5, 5.41) is 2.65. The van der Waals surface area contributed by atoms with Gasteiger partial charge in [-0.25, -0.2) is 9.97 Å². The molecule has 8 nitrogen and oxygen atoms in total. The highest BCUT2D eigenvalue weighted by atomic mass is 16.3. The van der Waals surface area contributed by atoms with E-state index in [1.54, 1.807) is 24.8 Å². The lowest BCUT2D eigenvalue weighted by atomic mass is 9.89. The largest absolute Gasteiger partial charge is 0.441 e. The van der Waals surface area contributed by atoms with E-state index in [9.17, 15) is 9.59 Å². The van der Waals surface area contributed by atoms with Gasteiger partial charge in [0.2, 0.25) is 0 Å². The predicted molar refractivity (Wildman–Crippen MR) is 114 cm³/mol. The molecule has 1 aliphatic heterocycles. The van der Waals surface area contributed by atoms with Crippen LogP contribution in [0.1, 0.15) is 42.8 Å². The normalized spacial score (nSPS) is 19.1. The quantitative estimate of drug-likeness (QED) is 0.630. The number of pyridine rings is 1. The van der Waals surface area contributed by atoms with E-state index in [1.807, 2.05) is 18.2 Å². The van der Waals surface area contributed by atoms with Gasteiger partial charge in [0, 0.05) is 13.5 Å². The molecule has 1 fully saturated rings. The number of oxazole rings is 1. The summed E-state index contributed by atoms with van der Waals surface area (Å²) in [6, 6.07) is 7.27. The highest BCUT2D eigenvalue weighted by Crippen LogP contribution is 2.35. The molecule has 156 valence electrons. The van der Waals surface area contributed by atoms with E-state index >= 15 is 0 Å². The Labute approximate surface area is 174 Å². The van der Waals surface area contributed by atoms with E-state index < -0.39 is 11.8 Å². The Hall–Kier alpha value is -3.42. The number of nitrogens with zero attached hydrogens (tertiary/aromatic N) is 3. The maximum Gasteiger partial charge on any atom is 0.313 e. The van der Waals surface area contributed by atoms with Crippen molar-refractivity contribution in [1.29, 1.82) is 0 Å². The van der Waals surface area contributed by atoms with Gasteiger partial charge in [-0.3, -0.25) is 9.59 Å². The number of carbonyl (C=O) groups excluding carboxylic acids is 2. The van der Waals surface area contributed by atoms with Crippen LogP contribution in [0.2, 0.25) is 0 Å². The summed E-state index contributed by atoms with van der Waals surface area (Å²) in [7, 11) is 0. The lowest BCUT2D eigenvalue weighted by Gasteiger charge is -2.38. The molecule has 30 heavy (non-hydrogen) atoms. The van der Waals surface area contributed by atoms with Gasteiger partial charge in [0.15, 0.2) is 11.5 Å². The lowest BCUT2D eigenvalue weighted by molar-refractivity contribution is -0.146. The SMILES string of the molecule is Cc1nc2cc([C@H]3CC[C@H](C)CN3C(=O)C(=O)Nc3cnc(N)c(C)c3)ccc2o1. The molecule has 3 aromatic rings. The van der Waals surface area contributed by atoms with Crippen molar-refractivity contribution in [1.82, 2.24) is 14.9 Å². The summed E-state index contributed by atoms with van der Waals surface area (Å²) >= 11 is 0. The van der Waals surface area contributed by atoms with Crippen LogP contribution < -0.4 is 11.1 Å². The van der Waals surface area contributed by atoms with Gasteiger partial charge in [-0.05, 0) is 55.0 Å². The number of hydrogen-bond donors (Lipinski definition) is 2. The molecule has 3 N–H and O–H groups in total. The molecule has 0 bridgehead atoms. The first-order valence-electron chi connectivity index (χ1n) is 10.0. The number of benzene rings is 1. The number of rotatable bonds is 2. The van der Waals surface area contributed by atoms with Crippen LogP contribution in [-0.4, -0.2) is 33.2 Å². The van der Waals surface area contributed by atoms with Crippen molar-refractivity contribution in [2.75, 3.05) is 17.6 Å². The van der Waals surface area contributed by atoms with Gasteiger partial charge in [-0.2, -0.15) is 0 Å². The first-order valence-corrected chi connectivity index (χ1v) is 10.0. The Kier molecular flexibility index (Phi) is 5.15. The minimum absolute atomic E-state index is 0.188. The number of aromatic nitrogens is 2. The Balaban J connectivity index is 1.58. The van der Waals surface area contributed by atoms with Crippen LogP contribution in [0.5, 0.6) is 0 Å². The second kappa shape index (κ2) is 7.78. The first-order chi connectivity index (χ1) is 14.3. The number of piperidine rings is 1. The summed E-state index contributed by atoms with van der Waals surface area (Å²) in [5.74, 6) is 0.0641. The lowest BCUT2D eigenvalue weighted by Crippen LogP contribution is -2.46. The third kappa shape index (κ3) is 3.85. The highest BCUT2D eigenvalue weighted by molar-refractivity contribution is 6.39. The zero-order valence-corrected chi connectivity index (χ0v) is 17.3. The molecule has 0 saturated carbocycles. The number of aryl methyl sites for hydroxylation is 2. The molecule has 1 saturated heterocycles. The molecule has 2 aromatic heterocycles. The van der Waals surface area contributed by atoms with Gasteiger partial charge in [0.05, 0.1) is 17.9 Å². The molecule has 4 rings (SSSR count). The van der Waals surface area contributed by atoms with Crippen molar-refractivity contribution < 1.29 is 14.0 Å². The maximum atomic E-state index is 13.1. The van der Waals surface area contributed by atoms with Crippen molar-refractivity contribution in [3.05, 3.63) is 47.5 Å². The van der Waals surface area contributed by atoms with E-state index in [-0.39, 0.29) is 6.04 Å². The fraction of sp³-hybridized carbons (Fsp3) is 0.364. The van der Waals surface area contributed by atoms with Crippen LogP contribution in [0.25, 0.3) is 11.1 Å². The third-order valence-electron chi connectivity index (χ3n) is 5.55. The van der Waals surface area contributed by atoms with E-state index in [0.29, 0.717) is 35.4 Å². The van der Waals surface area contributed by atoms with E-state index in [2.05, 4.69) is 22.2 Å². The Morgan fingerprint density at radius 2 is 2.03 bits per heavy atom. The van der Waals surface area contributed by atoms with Crippen molar-refractivity contribution in [3.8, 4) is 0 Å². The van der Waals surface area contributed by atoms with Crippen LogP contribution in [-0.2, 0) is 9.59 Å². The van der Waals surface area contributed by atoms with Crippen LogP contribution >= 0.6 is 0 Å². The van der Waals surface area contributed by atoms with Crippen LogP contribution in [0, 0.1) is 19.8 Å². The third-order valence-corrected chi connectivity index (χ3v) is 5.55. The molecule has 1 aliphatic rings. The first kappa shape index (κ1) is 19.9.